The fourth-order valence-electron chi connectivity index (χ4n) is 3.89. The second kappa shape index (κ2) is 7.49. The van der Waals surface area contributed by atoms with Crippen LogP contribution in [0.2, 0.25) is 0 Å². The summed E-state index contributed by atoms with van der Waals surface area (Å²) in [7, 11) is 0. The maximum absolute atomic E-state index is 13.3. The van der Waals surface area contributed by atoms with Crippen molar-refractivity contribution in [1.82, 2.24) is 9.88 Å². The molecule has 1 atom stereocenters. The van der Waals surface area contributed by atoms with Gasteiger partial charge in [0.15, 0.2) is 0 Å². The van der Waals surface area contributed by atoms with Crippen LogP contribution < -0.4 is 0 Å². The third kappa shape index (κ3) is 3.25. The van der Waals surface area contributed by atoms with Crippen molar-refractivity contribution in [2.45, 2.75) is 18.8 Å². The summed E-state index contributed by atoms with van der Waals surface area (Å²) in [4.78, 5) is 21.0. The Hall–Kier alpha value is -2.50. The average Bonchev–Trinajstić information content (AvgIpc) is 3.41. The molecule has 5 heteroatoms. The van der Waals surface area contributed by atoms with E-state index in [0.29, 0.717) is 5.92 Å². The first-order chi connectivity index (χ1) is 13.8. The van der Waals surface area contributed by atoms with Crippen LogP contribution in [-0.4, -0.2) is 28.9 Å². The van der Waals surface area contributed by atoms with Crippen LogP contribution in [0.25, 0.3) is 21.3 Å². The molecular formula is C23H20N2OS2. The molecule has 1 amide bonds. The topological polar surface area (TPSA) is 33.2 Å². The SMILES string of the molecule is O=C(c1sccc1-c1ccccc1)N1CCC[C@@H](c2nc3ccccc3s2)C1. The van der Waals surface area contributed by atoms with Gasteiger partial charge in [-0.15, -0.1) is 22.7 Å². The molecule has 1 fully saturated rings. The van der Waals surface area contributed by atoms with Gasteiger partial charge in [0.05, 0.1) is 20.1 Å². The largest absolute Gasteiger partial charge is 0.337 e. The van der Waals surface area contributed by atoms with Crippen molar-refractivity contribution < 1.29 is 4.79 Å². The smallest absolute Gasteiger partial charge is 0.264 e. The minimum atomic E-state index is 0.152. The number of nitrogens with zero attached hydrogens (tertiary/aromatic N) is 2. The summed E-state index contributed by atoms with van der Waals surface area (Å²) in [5, 5.41) is 3.18. The van der Waals surface area contributed by atoms with Gasteiger partial charge in [-0.05, 0) is 42.0 Å². The molecular weight excluding hydrogens is 384 g/mol. The molecule has 2 aromatic heterocycles. The summed E-state index contributed by atoms with van der Waals surface area (Å²) in [6, 6.07) is 20.5. The zero-order chi connectivity index (χ0) is 18.9. The summed E-state index contributed by atoms with van der Waals surface area (Å²) in [6.45, 7) is 1.58. The Morgan fingerprint density at radius 2 is 1.86 bits per heavy atom. The van der Waals surface area contributed by atoms with Gasteiger partial charge in [0.2, 0.25) is 0 Å². The normalized spacial score (nSPS) is 17.1. The molecule has 1 aliphatic heterocycles. The molecule has 0 saturated carbocycles. The van der Waals surface area contributed by atoms with Gasteiger partial charge in [-0.25, -0.2) is 4.98 Å². The Morgan fingerprint density at radius 3 is 2.71 bits per heavy atom. The molecule has 3 heterocycles. The number of benzene rings is 2. The molecule has 0 aliphatic carbocycles. The lowest BCUT2D eigenvalue weighted by Gasteiger charge is -2.31. The fraction of sp³-hybridized carbons (Fsp3) is 0.217. The predicted octanol–water partition coefficient (Wildman–Crippen LogP) is 6.04. The summed E-state index contributed by atoms with van der Waals surface area (Å²) in [5.41, 5.74) is 3.21. The van der Waals surface area contributed by atoms with E-state index in [2.05, 4.69) is 36.4 Å². The standard InChI is InChI=1S/C23H20N2OS2/c26-23(21-18(12-14-27-21)16-7-2-1-3-8-16)25-13-6-9-17(15-25)22-24-19-10-4-5-11-20(19)28-22/h1-5,7-8,10-12,14,17H,6,9,13,15H2/t17-/m1/s1. The molecule has 1 aliphatic rings. The summed E-state index contributed by atoms with van der Waals surface area (Å²) in [5.74, 6) is 0.481. The lowest BCUT2D eigenvalue weighted by Crippen LogP contribution is -2.38. The van der Waals surface area contributed by atoms with Gasteiger partial charge >= 0.3 is 0 Å². The molecule has 0 spiro atoms. The molecule has 3 nitrogen and oxygen atoms in total. The lowest BCUT2D eigenvalue weighted by molar-refractivity contribution is 0.0713. The number of likely N-dealkylation sites (tertiary alicyclic amines) is 1. The van der Waals surface area contributed by atoms with Crippen LogP contribution in [0.3, 0.4) is 0 Å². The summed E-state index contributed by atoms with van der Waals surface area (Å²) in [6.07, 6.45) is 2.12. The van der Waals surface area contributed by atoms with Crippen LogP contribution in [0.5, 0.6) is 0 Å². The van der Waals surface area contributed by atoms with Gasteiger partial charge in [-0.3, -0.25) is 4.79 Å². The number of para-hydroxylation sites is 1. The van der Waals surface area contributed by atoms with Gasteiger partial charge in [-0.2, -0.15) is 0 Å². The fourth-order valence-corrected chi connectivity index (χ4v) is 5.87. The molecule has 4 aromatic rings. The van der Waals surface area contributed by atoms with E-state index < -0.39 is 0 Å². The van der Waals surface area contributed by atoms with E-state index in [1.165, 1.54) is 4.70 Å². The van der Waals surface area contributed by atoms with Crippen molar-refractivity contribution in [2.24, 2.45) is 0 Å². The number of fused-ring (bicyclic) bond motifs is 1. The number of thiophene rings is 1. The Bertz CT molecular complexity index is 1080. The summed E-state index contributed by atoms with van der Waals surface area (Å²) >= 11 is 3.31. The lowest BCUT2D eigenvalue weighted by atomic mass is 9.98. The van der Waals surface area contributed by atoms with Crippen molar-refractivity contribution in [3.63, 3.8) is 0 Å². The van der Waals surface area contributed by atoms with Gasteiger partial charge in [0.25, 0.3) is 5.91 Å². The molecule has 0 bridgehead atoms. The first-order valence-corrected chi connectivity index (χ1v) is 11.3. The second-order valence-corrected chi connectivity index (χ2v) is 9.12. The first-order valence-electron chi connectivity index (χ1n) is 9.57. The van der Waals surface area contributed by atoms with E-state index in [-0.39, 0.29) is 5.91 Å². The Labute approximate surface area is 172 Å². The van der Waals surface area contributed by atoms with Crippen LogP contribution in [0.15, 0.2) is 66.0 Å². The van der Waals surface area contributed by atoms with E-state index in [0.717, 1.165) is 52.5 Å². The molecule has 28 heavy (non-hydrogen) atoms. The van der Waals surface area contributed by atoms with Crippen LogP contribution in [0.4, 0.5) is 0 Å². The predicted molar refractivity (Wildman–Crippen MR) is 117 cm³/mol. The van der Waals surface area contributed by atoms with Gasteiger partial charge < -0.3 is 4.90 Å². The third-order valence-corrected chi connectivity index (χ3v) is 7.41. The maximum Gasteiger partial charge on any atom is 0.264 e. The highest BCUT2D eigenvalue weighted by Crippen LogP contribution is 2.35. The van der Waals surface area contributed by atoms with Gasteiger partial charge in [0.1, 0.15) is 0 Å². The monoisotopic (exact) mass is 404 g/mol. The number of carbonyl (C=O) groups is 1. The number of aromatic nitrogens is 1. The van der Waals surface area contributed by atoms with Crippen LogP contribution >= 0.6 is 22.7 Å². The number of carbonyl (C=O) groups excluding carboxylic acids is 1. The molecule has 1 saturated heterocycles. The highest BCUT2D eigenvalue weighted by atomic mass is 32.1. The molecule has 2 aromatic carbocycles. The van der Waals surface area contributed by atoms with Crippen LogP contribution in [-0.2, 0) is 0 Å². The van der Waals surface area contributed by atoms with Gasteiger partial charge in [-0.1, -0.05) is 42.5 Å². The van der Waals surface area contributed by atoms with Crippen molar-refractivity contribution in [3.8, 4) is 11.1 Å². The van der Waals surface area contributed by atoms with Crippen LogP contribution in [0, 0.1) is 0 Å². The summed E-state index contributed by atoms with van der Waals surface area (Å²) < 4.78 is 1.23. The Balaban J connectivity index is 1.40. The van der Waals surface area contributed by atoms with E-state index in [1.807, 2.05) is 34.5 Å². The third-order valence-electron chi connectivity index (χ3n) is 5.31. The van der Waals surface area contributed by atoms with Gasteiger partial charge in [0, 0.05) is 24.6 Å². The van der Waals surface area contributed by atoms with Crippen molar-refractivity contribution in [1.29, 1.82) is 0 Å². The van der Waals surface area contributed by atoms with Crippen molar-refractivity contribution >= 4 is 38.8 Å². The first kappa shape index (κ1) is 17.6. The molecule has 5 rings (SSSR count). The highest BCUT2D eigenvalue weighted by molar-refractivity contribution is 7.18. The molecule has 0 N–H and O–H groups in total. The number of hydrogen-bond acceptors (Lipinski definition) is 4. The number of hydrogen-bond donors (Lipinski definition) is 0. The van der Waals surface area contributed by atoms with E-state index in [4.69, 9.17) is 4.98 Å². The molecule has 0 unspecified atom stereocenters. The van der Waals surface area contributed by atoms with Crippen LogP contribution in [0.1, 0.15) is 33.4 Å². The minimum absolute atomic E-state index is 0.152. The number of rotatable bonds is 3. The quantitative estimate of drug-likeness (QED) is 0.417. The van der Waals surface area contributed by atoms with Crippen molar-refractivity contribution in [3.05, 3.63) is 75.9 Å². The van der Waals surface area contributed by atoms with E-state index >= 15 is 0 Å². The minimum Gasteiger partial charge on any atom is -0.337 e. The zero-order valence-corrected chi connectivity index (χ0v) is 17.0. The Kier molecular flexibility index (Phi) is 4.71. The second-order valence-electron chi connectivity index (χ2n) is 7.14. The zero-order valence-electron chi connectivity index (χ0n) is 15.4. The average molecular weight is 405 g/mol. The highest BCUT2D eigenvalue weighted by Gasteiger charge is 2.29. The number of amides is 1. The van der Waals surface area contributed by atoms with E-state index in [1.54, 1.807) is 22.7 Å². The van der Waals surface area contributed by atoms with E-state index in [9.17, 15) is 4.79 Å². The molecule has 140 valence electrons. The number of piperidine rings is 1. The molecule has 0 radical (unpaired) electrons. The number of thiazole rings is 1. The maximum atomic E-state index is 13.3. The van der Waals surface area contributed by atoms with Crippen molar-refractivity contribution in [2.75, 3.05) is 13.1 Å². The Morgan fingerprint density at radius 1 is 1.04 bits per heavy atom.